The van der Waals surface area contributed by atoms with Crippen LogP contribution in [0.25, 0.3) is 0 Å². The van der Waals surface area contributed by atoms with Gasteiger partial charge in [0.05, 0.1) is 12.1 Å². The van der Waals surface area contributed by atoms with E-state index in [0.717, 1.165) is 18.6 Å². The third kappa shape index (κ3) is 4.11. The highest BCUT2D eigenvalue weighted by Gasteiger charge is 2.28. The molecule has 0 radical (unpaired) electrons. The predicted molar refractivity (Wildman–Crippen MR) is 64.9 cm³/mol. The van der Waals surface area contributed by atoms with Gasteiger partial charge in [-0.1, -0.05) is 18.2 Å². The SMILES string of the molecule is NCCCC[C@H](N)C(=O)N[C@H]1CCSC1=O. The Morgan fingerprint density at radius 3 is 2.88 bits per heavy atom. The molecule has 6 heteroatoms. The number of unbranched alkanes of at least 4 members (excludes halogenated alkanes) is 1. The monoisotopic (exact) mass is 245 g/mol. The average Bonchev–Trinajstić information content (AvgIpc) is 2.64. The molecule has 0 aliphatic carbocycles. The van der Waals surface area contributed by atoms with Gasteiger partial charge in [0.15, 0.2) is 0 Å². The molecule has 1 aliphatic heterocycles. The second-order valence-corrected chi connectivity index (χ2v) is 5.01. The lowest BCUT2D eigenvalue weighted by Gasteiger charge is -2.15. The number of nitrogens with one attached hydrogen (secondary N) is 1. The number of nitrogens with two attached hydrogens (primary N) is 2. The summed E-state index contributed by atoms with van der Waals surface area (Å²) >= 11 is 1.27. The maximum Gasteiger partial charge on any atom is 0.237 e. The van der Waals surface area contributed by atoms with E-state index in [-0.39, 0.29) is 17.1 Å². The molecule has 0 aromatic rings. The van der Waals surface area contributed by atoms with E-state index in [1.807, 2.05) is 0 Å². The van der Waals surface area contributed by atoms with Gasteiger partial charge in [-0.3, -0.25) is 9.59 Å². The fourth-order valence-electron chi connectivity index (χ4n) is 1.55. The molecule has 5 nitrogen and oxygen atoms in total. The summed E-state index contributed by atoms with van der Waals surface area (Å²) in [7, 11) is 0. The van der Waals surface area contributed by atoms with Gasteiger partial charge in [-0.2, -0.15) is 0 Å². The maximum absolute atomic E-state index is 11.6. The van der Waals surface area contributed by atoms with Gasteiger partial charge >= 0.3 is 0 Å². The van der Waals surface area contributed by atoms with Gasteiger partial charge in [0, 0.05) is 5.75 Å². The van der Waals surface area contributed by atoms with Crippen molar-refractivity contribution in [2.45, 2.75) is 37.8 Å². The van der Waals surface area contributed by atoms with Crippen molar-refractivity contribution in [2.24, 2.45) is 11.5 Å². The first-order valence-electron chi connectivity index (χ1n) is 5.58. The number of amides is 1. The van der Waals surface area contributed by atoms with E-state index < -0.39 is 6.04 Å². The van der Waals surface area contributed by atoms with Crippen LogP contribution in [0.4, 0.5) is 0 Å². The van der Waals surface area contributed by atoms with Crippen LogP contribution in [0.5, 0.6) is 0 Å². The molecular weight excluding hydrogens is 226 g/mol. The van der Waals surface area contributed by atoms with Gasteiger partial charge < -0.3 is 16.8 Å². The lowest BCUT2D eigenvalue weighted by molar-refractivity contribution is -0.125. The van der Waals surface area contributed by atoms with E-state index >= 15 is 0 Å². The van der Waals surface area contributed by atoms with Crippen LogP contribution >= 0.6 is 11.8 Å². The third-order valence-electron chi connectivity index (χ3n) is 2.56. The van der Waals surface area contributed by atoms with Gasteiger partial charge in [0.1, 0.15) is 0 Å². The van der Waals surface area contributed by atoms with E-state index in [1.54, 1.807) is 0 Å². The molecule has 5 N–H and O–H groups in total. The van der Waals surface area contributed by atoms with Crippen molar-refractivity contribution in [3.05, 3.63) is 0 Å². The summed E-state index contributed by atoms with van der Waals surface area (Å²) in [4.78, 5) is 22.9. The summed E-state index contributed by atoms with van der Waals surface area (Å²) < 4.78 is 0. The fourth-order valence-corrected chi connectivity index (χ4v) is 2.48. The minimum absolute atomic E-state index is 0.0440. The Hall–Kier alpha value is -0.590. The number of rotatable bonds is 6. The van der Waals surface area contributed by atoms with Crippen molar-refractivity contribution < 1.29 is 9.59 Å². The van der Waals surface area contributed by atoms with Crippen LogP contribution in [-0.2, 0) is 9.59 Å². The van der Waals surface area contributed by atoms with Gasteiger partial charge in [0.25, 0.3) is 0 Å². The lowest BCUT2D eigenvalue weighted by Crippen LogP contribution is -2.46. The van der Waals surface area contributed by atoms with Gasteiger partial charge in [0.2, 0.25) is 11.0 Å². The second kappa shape index (κ2) is 6.88. The molecule has 1 fully saturated rings. The van der Waals surface area contributed by atoms with Crippen LogP contribution in [0.3, 0.4) is 0 Å². The van der Waals surface area contributed by atoms with Crippen molar-refractivity contribution in [3.8, 4) is 0 Å². The highest BCUT2D eigenvalue weighted by Crippen LogP contribution is 2.19. The van der Waals surface area contributed by atoms with Crippen LogP contribution in [0, 0.1) is 0 Å². The number of carbonyl (C=O) groups is 2. The zero-order valence-corrected chi connectivity index (χ0v) is 10.1. The van der Waals surface area contributed by atoms with E-state index in [1.165, 1.54) is 11.8 Å². The van der Waals surface area contributed by atoms with Crippen LogP contribution in [0.2, 0.25) is 0 Å². The smallest absolute Gasteiger partial charge is 0.237 e. The van der Waals surface area contributed by atoms with E-state index in [4.69, 9.17) is 11.5 Å². The first-order valence-corrected chi connectivity index (χ1v) is 6.56. The Morgan fingerprint density at radius 1 is 1.56 bits per heavy atom. The summed E-state index contributed by atoms with van der Waals surface area (Å²) in [5.41, 5.74) is 11.1. The Bertz CT molecular complexity index is 260. The molecule has 0 aromatic carbocycles. The number of hydrogen-bond donors (Lipinski definition) is 3. The van der Waals surface area contributed by atoms with E-state index in [9.17, 15) is 9.59 Å². The molecule has 0 saturated carbocycles. The van der Waals surface area contributed by atoms with Crippen LogP contribution < -0.4 is 16.8 Å². The molecule has 1 rings (SSSR count). The van der Waals surface area contributed by atoms with E-state index in [2.05, 4.69) is 5.32 Å². The Kier molecular flexibility index (Phi) is 5.79. The predicted octanol–water partition coefficient (Wildman–Crippen LogP) is -0.409. The largest absolute Gasteiger partial charge is 0.344 e. The van der Waals surface area contributed by atoms with Crippen molar-refractivity contribution in [1.29, 1.82) is 0 Å². The average molecular weight is 245 g/mol. The van der Waals surface area contributed by atoms with Gasteiger partial charge in [-0.25, -0.2) is 0 Å². The number of carbonyl (C=O) groups excluding carboxylic acids is 2. The molecule has 16 heavy (non-hydrogen) atoms. The zero-order valence-electron chi connectivity index (χ0n) is 9.28. The Balaban J connectivity index is 2.25. The molecule has 1 heterocycles. The van der Waals surface area contributed by atoms with Gasteiger partial charge in [-0.15, -0.1) is 0 Å². The number of hydrogen-bond acceptors (Lipinski definition) is 5. The molecule has 0 bridgehead atoms. The molecule has 0 unspecified atom stereocenters. The van der Waals surface area contributed by atoms with Crippen LogP contribution in [-0.4, -0.2) is 35.4 Å². The Labute approximate surface area is 99.7 Å². The quantitative estimate of drug-likeness (QED) is 0.553. The molecule has 92 valence electrons. The molecular formula is C10H19N3O2S. The topological polar surface area (TPSA) is 98.2 Å². The zero-order chi connectivity index (χ0) is 12.0. The first kappa shape index (κ1) is 13.5. The molecule has 0 aromatic heterocycles. The summed E-state index contributed by atoms with van der Waals surface area (Å²) in [6, 6.07) is -0.858. The minimum atomic E-state index is -0.523. The molecule has 1 aliphatic rings. The van der Waals surface area contributed by atoms with Crippen LogP contribution in [0.15, 0.2) is 0 Å². The summed E-state index contributed by atoms with van der Waals surface area (Å²) in [5, 5.41) is 2.73. The second-order valence-electron chi connectivity index (χ2n) is 3.91. The van der Waals surface area contributed by atoms with Crippen LogP contribution in [0.1, 0.15) is 25.7 Å². The summed E-state index contributed by atoms with van der Waals surface area (Å²) in [6.45, 7) is 0.617. The van der Waals surface area contributed by atoms with E-state index in [0.29, 0.717) is 19.4 Å². The highest BCUT2D eigenvalue weighted by atomic mass is 32.2. The summed E-state index contributed by atoms with van der Waals surface area (Å²) in [5.74, 6) is 0.560. The minimum Gasteiger partial charge on any atom is -0.344 e. The van der Waals surface area contributed by atoms with Crippen molar-refractivity contribution >= 4 is 22.8 Å². The molecule has 0 spiro atoms. The van der Waals surface area contributed by atoms with Crippen molar-refractivity contribution in [1.82, 2.24) is 5.32 Å². The van der Waals surface area contributed by atoms with Crippen molar-refractivity contribution in [3.63, 3.8) is 0 Å². The number of thioether (sulfide) groups is 1. The molecule has 2 atom stereocenters. The normalized spacial score (nSPS) is 22.1. The van der Waals surface area contributed by atoms with Crippen molar-refractivity contribution in [2.75, 3.05) is 12.3 Å². The lowest BCUT2D eigenvalue weighted by atomic mass is 10.1. The molecule has 1 saturated heterocycles. The standard InChI is InChI=1S/C10H19N3O2S/c11-5-2-1-3-7(12)9(14)13-8-4-6-16-10(8)15/h7-8H,1-6,11-12H2,(H,13,14)/t7-,8-/m0/s1. The summed E-state index contributed by atoms with van der Waals surface area (Å²) in [6.07, 6.45) is 3.06. The maximum atomic E-state index is 11.6. The first-order chi connectivity index (χ1) is 7.65. The molecule has 1 amide bonds. The van der Waals surface area contributed by atoms with Gasteiger partial charge in [-0.05, 0) is 25.8 Å². The highest BCUT2D eigenvalue weighted by molar-refractivity contribution is 8.14. The third-order valence-corrected chi connectivity index (χ3v) is 3.57. The fraction of sp³-hybridized carbons (Fsp3) is 0.800. The Morgan fingerprint density at radius 2 is 2.31 bits per heavy atom.